The predicted octanol–water partition coefficient (Wildman–Crippen LogP) is 1.56. The van der Waals surface area contributed by atoms with Gasteiger partial charge in [-0.05, 0) is 12.1 Å². The highest BCUT2D eigenvalue weighted by Gasteiger charge is 2.36. The van der Waals surface area contributed by atoms with Crippen molar-refractivity contribution in [3.63, 3.8) is 0 Å². The fourth-order valence-corrected chi connectivity index (χ4v) is 2.22. The molecule has 1 fully saturated rings. The number of methoxy groups -OCH3 is 1. The lowest BCUT2D eigenvalue weighted by molar-refractivity contribution is -0.145. The topological polar surface area (TPSA) is 55.8 Å². The molecule has 20 heavy (non-hydrogen) atoms. The lowest BCUT2D eigenvalue weighted by atomic mass is 10.1. The molecule has 6 heteroatoms. The Balaban J connectivity index is 2.19. The number of hydrogen-bond acceptors (Lipinski definition) is 4. The molecule has 108 valence electrons. The quantitative estimate of drug-likeness (QED) is 0.769. The summed E-state index contributed by atoms with van der Waals surface area (Å²) < 4.78 is 22.2. The second-order valence-electron chi connectivity index (χ2n) is 4.43. The van der Waals surface area contributed by atoms with Crippen LogP contribution in [0.5, 0.6) is 5.75 Å². The third kappa shape index (κ3) is 2.89. The molecule has 1 aromatic carbocycles. The lowest BCUT2D eigenvalue weighted by Gasteiger charge is -2.19. The van der Waals surface area contributed by atoms with Gasteiger partial charge in [0.1, 0.15) is 19.0 Å². The van der Waals surface area contributed by atoms with Crippen molar-refractivity contribution in [2.75, 3.05) is 31.8 Å². The highest BCUT2D eigenvalue weighted by molar-refractivity contribution is 6.00. The molecule has 0 spiro atoms. The first kappa shape index (κ1) is 14.3. The molecule has 1 aromatic rings. The summed E-state index contributed by atoms with van der Waals surface area (Å²) in [4.78, 5) is 25.0. The molecule has 1 amide bonds. The number of carbonyl (C=O) groups excluding carboxylic acids is 2. The van der Waals surface area contributed by atoms with Crippen LogP contribution in [-0.4, -0.2) is 38.8 Å². The van der Waals surface area contributed by atoms with E-state index in [0.29, 0.717) is 11.4 Å². The molecular formula is C14H16FNO4. The third-order valence-electron chi connectivity index (χ3n) is 3.15. The van der Waals surface area contributed by atoms with Crippen molar-refractivity contribution < 1.29 is 23.5 Å². The molecule has 0 aromatic heterocycles. The molecule has 0 bridgehead atoms. The minimum atomic E-state index is -0.604. The molecule has 0 radical (unpaired) electrons. The first-order valence-corrected chi connectivity index (χ1v) is 6.33. The Morgan fingerprint density at radius 2 is 2.20 bits per heavy atom. The number of anilines is 1. The van der Waals surface area contributed by atoms with Crippen LogP contribution in [-0.2, 0) is 14.3 Å². The van der Waals surface area contributed by atoms with E-state index in [2.05, 4.69) is 4.74 Å². The highest BCUT2D eigenvalue weighted by Crippen LogP contribution is 2.33. The zero-order valence-corrected chi connectivity index (χ0v) is 11.2. The van der Waals surface area contributed by atoms with E-state index in [1.165, 1.54) is 12.0 Å². The maximum Gasteiger partial charge on any atom is 0.311 e. The molecule has 1 unspecified atom stereocenters. The van der Waals surface area contributed by atoms with E-state index < -0.39 is 18.6 Å². The van der Waals surface area contributed by atoms with Crippen molar-refractivity contribution in [1.29, 1.82) is 0 Å². The summed E-state index contributed by atoms with van der Waals surface area (Å²) in [7, 11) is 1.30. The van der Waals surface area contributed by atoms with Gasteiger partial charge in [-0.15, -0.1) is 0 Å². The largest absolute Gasteiger partial charge is 0.489 e. The molecule has 1 aliphatic heterocycles. The highest BCUT2D eigenvalue weighted by atomic mass is 19.1. The van der Waals surface area contributed by atoms with Crippen molar-refractivity contribution >= 4 is 17.6 Å². The first-order valence-electron chi connectivity index (χ1n) is 6.33. The maximum atomic E-state index is 12.2. The normalized spacial score (nSPS) is 18.2. The summed E-state index contributed by atoms with van der Waals surface area (Å²) in [5, 5.41) is 0. The van der Waals surface area contributed by atoms with Gasteiger partial charge in [-0.3, -0.25) is 9.59 Å². The van der Waals surface area contributed by atoms with E-state index in [0.717, 1.165) is 0 Å². The fourth-order valence-electron chi connectivity index (χ4n) is 2.22. The molecule has 0 N–H and O–H groups in total. The SMILES string of the molecule is COC(=O)C1CC(=O)N(c2ccccc2OCCF)C1. The summed E-state index contributed by atoms with van der Waals surface area (Å²) in [6.45, 7) is -0.423. The number of benzene rings is 1. The van der Waals surface area contributed by atoms with Gasteiger partial charge in [0.2, 0.25) is 5.91 Å². The van der Waals surface area contributed by atoms with E-state index >= 15 is 0 Å². The number of para-hydroxylation sites is 2. The van der Waals surface area contributed by atoms with Gasteiger partial charge in [0.05, 0.1) is 18.7 Å². The van der Waals surface area contributed by atoms with Crippen molar-refractivity contribution in [3.05, 3.63) is 24.3 Å². The van der Waals surface area contributed by atoms with E-state index in [4.69, 9.17) is 4.74 Å². The number of rotatable bonds is 5. The summed E-state index contributed by atoms with van der Waals surface area (Å²) >= 11 is 0. The van der Waals surface area contributed by atoms with E-state index in [1.54, 1.807) is 24.3 Å². The Bertz CT molecular complexity index is 506. The van der Waals surface area contributed by atoms with Crippen LogP contribution < -0.4 is 9.64 Å². The average Bonchev–Trinajstić information content (AvgIpc) is 2.86. The molecule has 1 saturated heterocycles. The number of carbonyl (C=O) groups is 2. The van der Waals surface area contributed by atoms with Gasteiger partial charge in [-0.25, -0.2) is 4.39 Å². The fraction of sp³-hybridized carbons (Fsp3) is 0.429. The number of halogens is 1. The summed E-state index contributed by atoms with van der Waals surface area (Å²) in [6, 6.07) is 6.89. The zero-order chi connectivity index (χ0) is 14.5. The van der Waals surface area contributed by atoms with E-state index in [1.807, 2.05) is 0 Å². The maximum absolute atomic E-state index is 12.2. The van der Waals surface area contributed by atoms with Crippen molar-refractivity contribution in [2.24, 2.45) is 5.92 Å². The van der Waals surface area contributed by atoms with Crippen molar-refractivity contribution in [2.45, 2.75) is 6.42 Å². The number of alkyl halides is 1. The van der Waals surface area contributed by atoms with Crippen molar-refractivity contribution in [3.8, 4) is 5.75 Å². The van der Waals surface area contributed by atoms with Gasteiger partial charge in [0.25, 0.3) is 0 Å². The molecule has 1 heterocycles. The molecule has 0 saturated carbocycles. The Hall–Kier alpha value is -2.11. The Kier molecular flexibility index (Phi) is 4.55. The lowest BCUT2D eigenvalue weighted by Crippen LogP contribution is -2.26. The minimum Gasteiger partial charge on any atom is -0.489 e. The van der Waals surface area contributed by atoms with Crippen LogP contribution in [0.1, 0.15) is 6.42 Å². The third-order valence-corrected chi connectivity index (χ3v) is 3.15. The number of amides is 1. The molecule has 5 nitrogen and oxygen atoms in total. The summed E-state index contributed by atoms with van der Waals surface area (Å²) in [5.41, 5.74) is 0.553. The molecule has 1 atom stereocenters. The zero-order valence-electron chi connectivity index (χ0n) is 11.2. The van der Waals surface area contributed by atoms with E-state index in [-0.39, 0.29) is 25.5 Å². The Morgan fingerprint density at radius 1 is 1.45 bits per heavy atom. The number of nitrogens with zero attached hydrogens (tertiary/aromatic N) is 1. The summed E-state index contributed by atoms with van der Waals surface area (Å²) in [5.74, 6) is -0.606. The Labute approximate surface area is 116 Å². The van der Waals surface area contributed by atoms with Crippen LogP contribution in [0.15, 0.2) is 24.3 Å². The number of hydrogen-bond donors (Lipinski definition) is 0. The van der Waals surface area contributed by atoms with Crippen LogP contribution in [0.3, 0.4) is 0 Å². The monoisotopic (exact) mass is 281 g/mol. The van der Waals surface area contributed by atoms with Crippen molar-refractivity contribution in [1.82, 2.24) is 0 Å². The molecule has 1 aliphatic rings. The van der Waals surface area contributed by atoms with Crippen LogP contribution in [0.2, 0.25) is 0 Å². The van der Waals surface area contributed by atoms with Gasteiger partial charge in [-0.1, -0.05) is 12.1 Å². The van der Waals surface area contributed by atoms with Gasteiger partial charge in [-0.2, -0.15) is 0 Å². The second kappa shape index (κ2) is 6.36. The van der Waals surface area contributed by atoms with E-state index in [9.17, 15) is 14.0 Å². The summed E-state index contributed by atoms with van der Waals surface area (Å²) in [6.07, 6.45) is 0.115. The average molecular weight is 281 g/mol. The van der Waals surface area contributed by atoms with Gasteiger partial charge < -0.3 is 14.4 Å². The van der Waals surface area contributed by atoms with Crippen LogP contribution in [0, 0.1) is 5.92 Å². The van der Waals surface area contributed by atoms with Crippen LogP contribution in [0.4, 0.5) is 10.1 Å². The van der Waals surface area contributed by atoms with Crippen LogP contribution in [0.25, 0.3) is 0 Å². The smallest absolute Gasteiger partial charge is 0.311 e. The standard InChI is InChI=1S/C14H16FNO4/c1-19-14(18)10-8-13(17)16(9-10)11-4-2-3-5-12(11)20-7-6-15/h2-5,10H,6-9H2,1H3. The number of esters is 1. The Morgan fingerprint density at radius 3 is 2.90 bits per heavy atom. The van der Waals surface area contributed by atoms with Gasteiger partial charge >= 0.3 is 5.97 Å². The first-order chi connectivity index (χ1) is 9.67. The molecular weight excluding hydrogens is 265 g/mol. The van der Waals surface area contributed by atoms with Crippen LogP contribution >= 0.6 is 0 Å². The molecule has 2 rings (SSSR count). The second-order valence-corrected chi connectivity index (χ2v) is 4.43. The molecule has 0 aliphatic carbocycles. The number of ether oxygens (including phenoxy) is 2. The minimum absolute atomic E-state index is 0.0700. The van der Waals surface area contributed by atoms with Gasteiger partial charge in [0.15, 0.2) is 0 Å². The predicted molar refractivity (Wildman–Crippen MR) is 70.4 cm³/mol. The van der Waals surface area contributed by atoms with Gasteiger partial charge in [0, 0.05) is 13.0 Å².